The third-order valence-electron chi connectivity index (χ3n) is 2.59. The molecule has 0 heterocycles. The highest BCUT2D eigenvalue weighted by Crippen LogP contribution is 2.25. The largest absolute Gasteiger partial charge is 0.380 e. The Kier molecular flexibility index (Phi) is 2.63. The summed E-state index contributed by atoms with van der Waals surface area (Å²) in [6.45, 7) is 8.70. The van der Waals surface area contributed by atoms with Gasteiger partial charge in [-0.1, -0.05) is 24.3 Å². The summed E-state index contributed by atoms with van der Waals surface area (Å²) in [7, 11) is 0. The van der Waals surface area contributed by atoms with Crippen molar-refractivity contribution in [2.45, 2.75) is 33.2 Å². The monoisotopic (exact) mass is 213 g/mol. The highest BCUT2D eigenvalue weighted by atomic mass is 14.9. The van der Waals surface area contributed by atoms with E-state index in [2.05, 4.69) is 69.4 Å². The Morgan fingerprint density at radius 3 is 2.38 bits per heavy atom. The maximum Gasteiger partial charge on any atom is 0.0353 e. The second-order valence-corrected chi connectivity index (χ2v) is 5.39. The third-order valence-corrected chi connectivity index (χ3v) is 2.59. The highest BCUT2D eigenvalue weighted by molar-refractivity contribution is 5.88. The molecule has 0 unspecified atom stereocenters. The molecule has 2 aromatic rings. The quantitative estimate of drug-likeness (QED) is 0.742. The van der Waals surface area contributed by atoms with Gasteiger partial charge < -0.3 is 5.32 Å². The molecule has 1 N–H and O–H groups in total. The van der Waals surface area contributed by atoms with Crippen LogP contribution in [0.1, 0.15) is 26.3 Å². The molecule has 0 aromatic heterocycles. The minimum Gasteiger partial charge on any atom is -0.380 e. The summed E-state index contributed by atoms with van der Waals surface area (Å²) >= 11 is 0. The van der Waals surface area contributed by atoms with Gasteiger partial charge in [0.15, 0.2) is 0 Å². The van der Waals surface area contributed by atoms with Crippen molar-refractivity contribution in [2.75, 3.05) is 5.32 Å². The number of nitrogens with one attached hydrogen (secondary N) is 1. The SMILES string of the molecule is Cc1cc(NC(C)(C)C)cc2ccccc12. The first kappa shape index (κ1) is 11.0. The van der Waals surface area contributed by atoms with Crippen LogP contribution in [0, 0.1) is 6.92 Å². The first-order valence-electron chi connectivity index (χ1n) is 5.73. The summed E-state index contributed by atoms with van der Waals surface area (Å²) in [6.07, 6.45) is 0. The topological polar surface area (TPSA) is 12.0 Å². The van der Waals surface area contributed by atoms with Crippen molar-refractivity contribution in [1.29, 1.82) is 0 Å². The zero-order chi connectivity index (χ0) is 11.8. The van der Waals surface area contributed by atoms with Crippen molar-refractivity contribution in [3.63, 3.8) is 0 Å². The van der Waals surface area contributed by atoms with Crippen LogP contribution < -0.4 is 5.32 Å². The molecule has 1 heteroatoms. The Bertz CT molecular complexity index is 506. The van der Waals surface area contributed by atoms with E-state index in [9.17, 15) is 0 Å². The summed E-state index contributed by atoms with van der Waals surface area (Å²) in [5.41, 5.74) is 2.63. The van der Waals surface area contributed by atoms with Gasteiger partial charge in [-0.2, -0.15) is 0 Å². The van der Waals surface area contributed by atoms with Crippen LogP contribution in [0.2, 0.25) is 0 Å². The number of anilines is 1. The zero-order valence-electron chi connectivity index (χ0n) is 10.5. The lowest BCUT2D eigenvalue weighted by atomic mass is 10.0. The molecule has 0 spiro atoms. The highest BCUT2D eigenvalue weighted by Gasteiger charge is 2.10. The van der Waals surface area contributed by atoms with E-state index in [-0.39, 0.29) is 5.54 Å². The van der Waals surface area contributed by atoms with Crippen molar-refractivity contribution in [1.82, 2.24) is 0 Å². The molecule has 0 aliphatic rings. The van der Waals surface area contributed by atoms with Crippen LogP contribution in [0.25, 0.3) is 10.8 Å². The zero-order valence-corrected chi connectivity index (χ0v) is 10.5. The van der Waals surface area contributed by atoms with Crippen LogP contribution in [-0.2, 0) is 0 Å². The maximum atomic E-state index is 3.51. The molecular formula is C15H19N. The number of fused-ring (bicyclic) bond motifs is 1. The summed E-state index contributed by atoms with van der Waals surface area (Å²) in [5.74, 6) is 0. The Labute approximate surface area is 97.5 Å². The van der Waals surface area contributed by atoms with Crippen LogP contribution >= 0.6 is 0 Å². The number of aryl methyl sites for hydroxylation is 1. The molecule has 0 atom stereocenters. The molecule has 2 aromatic carbocycles. The normalized spacial score (nSPS) is 11.8. The van der Waals surface area contributed by atoms with Crippen molar-refractivity contribution < 1.29 is 0 Å². The van der Waals surface area contributed by atoms with Gasteiger partial charge in [0.1, 0.15) is 0 Å². The fourth-order valence-electron chi connectivity index (χ4n) is 2.01. The fraction of sp³-hybridized carbons (Fsp3) is 0.333. The van der Waals surface area contributed by atoms with Gasteiger partial charge in [-0.05, 0) is 56.2 Å². The van der Waals surface area contributed by atoms with Crippen LogP contribution in [0.4, 0.5) is 5.69 Å². The number of benzene rings is 2. The average molecular weight is 213 g/mol. The minimum atomic E-state index is 0.106. The summed E-state index contributed by atoms with van der Waals surface area (Å²) in [4.78, 5) is 0. The molecule has 0 saturated carbocycles. The fourth-order valence-corrected chi connectivity index (χ4v) is 2.01. The van der Waals surface area contributed by atoms with Gasteiger partial charge in [0.2, 0.25) is 0 Å². The lowest BCUT2D eigenvalue weighted by Crippen LogP contribution is -2.25. The molecule has 0 radical (unpaired) electrons. The molecule has 2 rings (SSSR count). The Balaban J connectivity index is 2.50. The molecule has 0 aliphatic heterocycles. The van der Waals surface area contributed by atoms with E-state index in [0.717, 1.165) is 0 Å². The van der Waals surface area contributed by atoms with Crippen LogP contribution in [0.5, 0.6) is 0 Å². The molecule has 0 fully saturated rings. The first-order chi connectivity index (χ1) is 7.46. The maximum absolute atomic E-state index is 3.51. The number of hydrogen-bond donors (Lipinski definition) is 1. The Hall–Kier alpha value is -1.50. The summed E-state index contributed by atoms with van der Waals surface area (Å²) in [5, 5.41) is 6.15. The van der Waals surface area contributed by atoms with E-state index in [0.29, 0.717) is 0 Å². The smallest absolute Gasteiger partial charge is 0.0353 e. The third kappa shape index (κ3) is 2.35. The lowest BCUT2D eigenvalue weighted by molar-refractivity contribution is 0.634. The Morgan fingerprint density at radius 2 is 1.69 bits per heavy atom. The van der Waals surface area contributed by atoms with E-state index in [4.69, 9.17) is 0 Å². The van der Waals surface area contributed by atoms with Crippen LogP contribution in [0.3, 0.4) is 0 Å². The van der Waals surface area contributed by atoms with Crippen LogP contribution in [-0.4, -0.2) is 5.54 Å². The van der Waals surface area contributed by atoms with Crippen molar-refractivity contribution in [3.8, 4) is 0 Å². The molecule has 84 valence electrons. The van der Waals surface area contributed by atoms with Gasteiger partial charge in [-0.15, -0.1) is 0 Å². The van der Waals surface area contributed by atoms with E-state index < -0.39 is 0 Å². The lowest BCUT2D eigenvalue weighted by Gasteiger charge is -2.23. The Morgan fingerprint density at radius 1 is 1.00 bits per heavy atom. The minimum absolute atomic E-state index is 0.106. The standard InChI is InChI=1S/C15H19N/c1-11-9-13(16-15(2,3)4)10-12-7-5-6-8-14(11)12/h5-10,16H,1-4H3. The van der Waals surface area contributed by atoms with Gasteiger partial charge in [0.05, 0.1) is 0 Å². The molecule has 16 heavy (non-hydrogen) atoms. The summed E-state index contributed by atoms with van der Waals surface area (Å²) < 4.78 is 0. The van der Waals surface area contributed by atoms with Gasteiger partial charge in [0, 0.05) is 11.2 Å². The van der Waals surface area contributed by atoms with Gasteiger partial charge in [0.25, 0.3) is 0 Å². The predicted octanol–water partition coefficient (Wildman–Crippen LogP) is 4.36. The van der Waals surface area contributed by atoms with Crippen molar-refractivity contribution in [3.05, 3.63) is 42.0 Å². The van der Waals surface area contributed by atoms with E-state index in [1.54, 1.807) is 0 Å². The van der Waals surface area contributed by atoms with Gasteiger partial charge >= 0.3 is 0 Å². The molecule has 0 amide bonds. The molecule has 0 bridgehead atoms. The van der Waals surface area contributed by atoms with E-state index >= 15 is 0 Å². The predicted molar refractivity (Wildman–Crippen MR) is 72.1 cm³/mol. The van der Waals surface area contributed by atoms with Crippen molar-refractivity contribution in [2.24, 2.45) is 0 Å². The summed E-state index contributed by atoms with van der Waals surface area (Å²) in [6, 6.07) is 12.9. The second kappa shape index (κ2) is 3.82. The molecule has 0 aliphatic carbocycles. The number of hydrogen-bond acceptors (Lipinski definition) is 1. The average Bonchev–Trinajstić information content (AvgIpc) is 2.15. The van der Waals surface area contributed by atoms with Crippen LogP contribution in [0.15, 0.2) is 36.4 Å². The molecular weight excluding hydrogens is 194 g/mol. The van der Waals surface area contributed by atoms with E-state index in [1.807, 2.05) is 0 Å². The van der Waals surface area contributed by atoms with Crippen molar-refractivity contribution >= 4 is 16.5 Å². The van der Waals surface area contributed by atoms with Gasteiger partial charge in [-0.3, -0.25) is 0 Å². The molecule has 1 nitrogen and oxygen atoms in total. The van der Waals surface area contributed by atoms with E-state index in [1.165, 1.54) is 22.0 Å². The molecule has 0 saturated heterocycles. The first-order valence-corrected chi connectivity index (χ1v) is 5.73. The van der Waals surface area contributed by atoms with Gasteiger partial charge in [-0.25, -0.2) is 0 Å². The second-order valence-electron chi connectivity index (χ2n) is 5.39. The number of rotatable bonds is 1.